The van der Waals surface area contributed by atoms with Crippen molar-refractivity contribution in [2.75, 3.05) is 13.7 Å². The average molecular weight is 306 g/mol. The minimum Gasteiger partial charge on any atom is -0.497 e. The number of carbonyl (C=O) groups is 3. The monoisotopic (exact) mass is 306 g/mol. The minimum absolute atomic E-state index is 0.200. The van der Waals surface area contributed by atoms with Crippen LogP contribution in [0.1, 0.15) is 37.6 Å². The van der Waals surface area contributed by atoms with Gasteiger partial charge in [0.15, 0.2) is 17.5 Å². The number of hydrogen-bond acceptors (Lipinski definition) is 5. The zero-order valence-corrected chi connectivity index (χ0v) is 13.4. The Kier molecular flexibility index (Phi) is 6.76. The second-order valence-electron chi connectivity index (χ2n) is 5.49. The van der Waals surface area contributed by atoms with Crippen molar-refractivity contribution in [2.45, 2.75) is 27.2 Å². The molecule has 5 nitrogen and oxygen atoms in total. The normalized spacial score (nSPS) is 11.9. The van der Waals surface area contributed by atoms with Gasteiger partial charge in [-0.3, -0.25) is 14.4 Å². The van der Waals surface area contributed by atoms with Crippen molar-refractivity contribution >= 4 is 17.5 Å². The van der Waals surface area contributed by atoms with Gasteiger partial charge in [-0.25, -0.2) is 0 Å². The van der Waals surface area contributed by atoms with E-state index in [4.69, 9.17) is 9.47 Å². The van der Waals surface area contributed by atoms with Crippen LogP contribution >= 0.6 is 0 Å². The molecular weight excluding hydrogens is 284 g/mol. The van der Waals surface area contributed by atoms with Crippen LogP contribution in [0.4, 0.5) is 0 Å². The van der Waals surface area contributed by atoms with E-state index in [2.05, 4.69) is 0 Å². The van der Waals surface area contributed by atoms with Crippen LogP contribution in [-0.2, 0) is 14.3 Å². The molecule has 0 aliphatic rings. The summed E-state index contributed by atoms with van der Waals surface area (Å²) in [7, 11) is 1.48. The maximum Gasteiger partial charge on any atom is 0.324 e. The van der Waals surface area contributed by atoms with Gasteiger partial charge in [0.05, 0.1) is 13.7 Å². The average Bonchev–Trinajstić information content (AvgIpc) is 2.46. The second-order valence-corrected chi connectivity index (χ2v) is 5.49. The Hall–Kier alpha value is -2.17. The third-order valence-corrected chi connectivity index (χ3v) is 3.20. The summed E-state index contributed by atoms with van der Waals surface area (Å²) in [6, 6.07) is 6.36. The fourth-order valence-corrected chi connectivity index (χ4v) is 1.88. The van der Waals surface area contributed by atoms with E-state index in [1.54, 1.807) is 18.2 Å². The van der Waals surface area contributed by atoms with Crippen LogP contribution < -0.4 is 4.74 Å². The lowest BCUT2D eigenvalue weighted by molar-refractivity contribution is -0.149. The molecule has 0 saturated carbocycles. The molecule has 0 radical (unpaired) electrons. The van der Waals surface area contributed by atoms with Crippen LogP contribution in [0.25, 0.3) is 0 Å². The van der Waals surface area contributed by atoms with Gasteiger partial charge >= 0.3 is 5.97 Å². The smallest absolute Gasteiger partial charge is 0.324 e. The quantitative estimate of drug-likeness (QED) is 0.419. The Labute approximate surface area is 130 Å². The number of Topliss-reactive ketones (excluding diaryl/α,β-unsaturated/α-hetero) is 2. The number of rotatable bonds is 8. The highest BCUT2D eigenvalue weighted by molar-refractivity contribution is 6.22. The standard InChI is InChI=1S/C17H22O5/c1-11(2)8-9-22-17(20)15(12(3)18)16(19)13-6-5-7-14(10-13)21-4/h5-7,10-11,15H,8-9H2,1-4H3. The van der Waals surface area contributed by atoms with Gasteiger partial charge < -0.3 is 9.47 Å². The first kappa shape index (κ1) is 17.9. The second kappa shape index (κ2) is 8.32. The van der Waals surface area contributed by atoms with Crippen molar-refractivity contribution in [1.82, 2.24) is 0 Å². The largest absolute Gasteiger partial charge is 0.497 e. The van der Waals surface area contributed by atoms with Crippen LogP contribution in [0.2, 0.25) is 0 Å². The first-order valence-corrected chi connectivity index (χ1v) is 7.22. The van der Waals surface area contributed by atoms with E-state index < -0.39 is 23.5 Å². The first-order valence-electron chi connectivity index (χ1n) is 7.22. The maximum atomic E-state index is 12.4. The molecule has 22 heavy (non-hydrogen) atoms. The Bertz CT molecular complexity index is 548. The van der Waals surface area contributed by atoms with Gasteiger partial charge in [0.1, 0.15) is 5.75 Å². The van der Waals surface area contributed by atoms with Gasteiger partial charge in [-0.2, -0.15) is 0 Å². The number of methoxy groups -OCH3 is 1. The van der Waals surface area contributed by atoms with E-state index >= 15 is 0 Å². The van der Waals surface area contributed by atoms with Gasteiger partial charge in [0.25, 0.3) is 0 Å². The topological polar surface area (TPSA) is 69.7 Å². The molecule has 0 fully saturated rings. The lowest BCUT2D eigenvalue weighted by atomic mass is 9.94. The van der Waals surface area contributed by atoms with E-state index in [0.29, 0.717) is 18.1 Å². The van der Waals surface area contributed by atoms with Crippen LogP contribution in [0.3, 0.4) is 0 Å². The van der Waals surface area contributed by atoms with Gasteiger partial charge in [-0.15, -0.1) is 0 Å². The SMILES string of the molecule is COc1cccc(C(=O)C(C(C)=O)C(=O)OCCC(C)C)c1. The predicted octanol–water partition coefficient (Wildman–Crippen LogP) is 2.67. The zero-order chi connectivity index (χ0) is 16.7. The number of ketones is 2. The van der Waals surface area contributed by atoms with Gasteiger partial charge in [0, 0.05) is 5.56 Å². The molecule has 0 aliphatic carbocycles. The number of ether oxygens (including phenoxy) is 2. The van der Waals surface area contributed by atoms with Gasteiger partial charge in [-0.05, 0) is 31.4 Å². The molecule has 1 unspecified atom stereocenters. The van der Waals surface area contributed by atoms with E-state index in [1.165, 1.54) is 20.1 Å². The lowest BCUT2D eigenvalue weighted by Crippen LogP contribution is -2.32. The Balaban J connectivity index is 2.87. The summed E-state index contributed by atoms with van der Waals surface area (Å²) in [5.74, 6) is -2.44. The predicted molar refractivity (Wildman–Crippen MR) is 81.9 cm³/mol. The Morgan fingerprint density at radius 3 is 2.41 bits per heavy atom. The summed E-state index contributed by atoms with van der Waals surface area (Å²) in [6.45, 7) is 5.41. The molecule has 1 aromatic rings. The number of benzene rings is 1. The Morgan fingerprint density at radius 1 is 1.18 bits per heavy atom. The number of carbonyl (C=O) groups excluding carboxylic acids is 3. The van der Waals surface area contributed by atoms with Crippen molar-refractivity contribution < 1.29 is 23.9 Å². The van der Waals surface area contributed by atoms with Crippen molar-refractivity contribution in [3.63, 3.8) is 0 Å². The van der Waals surface area contributed by atoms with Crippen LogP contribution in [0, 0.1) is 11.8 Å². The minimum atomic E-state index is -1.42. The molecule has 5 heteroatoms. The molecule has 0 N–H and O–H groups in total. The van der Waals surface area contributed by atoms with Crippen molar-refractivity contribution in [3.05, 3.63) is 29.8 Å². The molecule has 1 atom stereocenters. The van der Waals surface area contributed by atoms with E-state index in [9.17, 15) is 14.4 Å². The fourth-order valence-electron chi connectivity index (χ4n) is 1.88. The van der Waals surface area contributed by atoms with Crippen molar-refractivity contribution in [3.8, 4) is 5.75 Å². The lowest BCUT2D eigenvalue weighted by Gasteiger charge is -2.13. The summed E-state index contributed by atoms with van der Waals surface area (Å²) >= 11 is 0. The summed E-state index contributed by atoms with van der Waals surface area (Å²) in [4.78, 5) is 36.2. The zero-order valence-electron chi connectivity index (χ0n) is 13.4. The third kappa shape index (κ3) is 4.98. The van der Waals surface area contributed by atoms with Gasteiger partial charge in [0.2, 0.25) is 0 Å². The van der Waals surface area contributed by atoms with Gasteiger partial charge in [-0.1, -0.05) is 26.0 Å². The molecule has 0 saturated heterocycles. The molecule has 1 aromatic carbocycles. The van der Waals surface area contributed by atoms with Crippen LogP contribution in [0.5, 0.6) is 5.75 Å². The molecule has 0 spiro atoms. The molecule has 0 heterocycles. The molecular formula is C17H22O5. The number of esters is 1. The molecule has 120 valence electrons. The summed E-state index contributed by atoms with van der Waals surface area (Å²) in [6.07, 6.45) is 0.684. The molecule has 0 aliphatic heterocycles. The highest BCUT2D eigenvalue weighted by Gasteiger charge is 2.33. The maximum absolute atomic E-state index is 12.4. The molecule has 0 bridgehead atoms. The van der Waals surface area contributed by atoms with Crippen LogP contribution in [-0.4, -0.2) is 31.3 Å². The number of hydrogen-bond donors (Lipinski definition) is 0. The van der Waals surface area contributed by atoms with E-state index in [-0.39, 0.29) is 12.2 Å². The van der Waals surface area contributed by atoms with E-state index in [1.807, 2.05) is 13.8 Å². The van der Waals surface area contributed by atoms with Crippen LogP contribution in [0.15, 0.2) is 24.3 Å². The van der Waals surface area contributed by atoms with Crippen molar-refractivity contribution in [1.29, 1.82) is 0 Å². The molecule has 1 rings (SSSR count). The molecule has 0 aromatic heterocycles. The summed E-state index contributed by atoms with van der Waals surface area (Å²) in [5, 5.41) is 0. The highest BCUT2D eigenvalue weighted by atomic mass is 16.5. The first-order chi connectivity index (χ1) is 10.4. The summed E-state index contributed by atoms with van der Waals surface area (Å²) in [5.41, 5.74) is 0.250. The third-order valence-electron chi connectivity index (χ3n) is 3.20. The summed E-state index contributed by atoms with van der Waals surface area (Å²) < 4.78 is 10.1. The molecule has 0 amide bonds. The highest BCUT2D eigenvalue weighted by Crippen LogP contribution is 2.18. The Morgan fingerprint density at radius 2 is 1.86 bits per heavy atom. The fraction of sp³-hybridized carbons (Fsp3) is 0.471. The van der Waals surface area contributed by atoms with Crippen molar-refractivity contribution in [2.24, 2.45) is 11.8 Å². The van der Waals surface area contributed by atoms with E-state index in [0.717, 1.165) is 0 Å².